The fourth-order valence-corrected chi connectivity index (χ4v) is 0.978. The summed E-state index contributed by atoms with van der Waals surface area (Å²) in [5, 5.41) is 0. The Kier molecular flexibility index (Phi) is 4.87. The highest BCUT2D eigenvalue weighted by Gasteiger charge is 1.90. The minimum atomic E-state index is 0.610. The van der Waals surface area contributed by atoms with Crippen LogP contribution in [0.25, 0.3) is 0 Å². The minimum absolute atomic E-state index is 0.610. The number of aromatic nitrogens is 1. The van der Waals surface area contributed by atoms with Crippen molar-refractivity contribution in [3.8, 4) is 0 Å². The molecule has 0 saturated heterocycles. The molecule has 0 unspecified atom stereocenters. The van der Waals surface area contributed by atoms with E-state index in [1.807, 2.05) is 31.2 Å². The van der Waals surface area contributed by atoms with Gasteiger partial charge < -0.3 is 4.74 Å². The Balaban J connectivity index is 2.13. The second kappa shape index (κ2) is 6.38. The van der Waals surface area contributed by atoms with Gasteiger partial charge in [0.1, 0.15) is 0 Å². The maximum Gasteiger partial charge on any atom is 0.0887 e. The van der Waals surface area contributed by atoms with E-state index in [4.69, 9.17) is 4.74 Å². The van der Waals surface area contributed by atoms with Gasteiger partial charge in [-0.3, -0.25) is 4.98 Å². The molecule has 1 heterocycles. The van der Waals surface area contributed by atoms with Crippen molar-refractivity contribution in [2.24, 2.45) is 0 Å². The van der Waals surface area contributed by atoms with Gasteiger partial charge in [-0.25, -0.2) is 0 Å². The molecular weight excluding hydrogens is 162 g/mol. The van der Waals surface area contributed by atoms with Crippen molar-refractivity contribution < 1.29 is 4.74 Å². The van der Waals surface area contributed by atoms with Crippen LogP contribution in [0.15, 0.2) is 36.5 Å². The SMILES string of the molecule is C/C=C\CCOCc1ccccn1. The summed E-state index contributed by atoms with van der Waals surface area (Å²) in [6.45, 7) is 3.39. The summed E-state index contributed by atoms with van der Waals surface area (Å²) in [6.07, 6.45) is 6.89. The number of allylic oxidation sites excluding steroid dienone is 1. The average molecular weight is 177 g/mol. The molecule has 0 aliphatic heterocycles. The third kappa shape index (κ3) is 4.43. The van der Waals surface area contributed by atoms with E-state index in [-0.39, 0.29) is 0 Å². The lowest BCUT2D eigenvalue weighted by atomic mass is 10.4. The number of hydrogen-bond acceptors (Lipinski definition) is 2. The van der Waals surface area contributed by atoms with Crippen molar-refractivity contribution in [1.29, 1.82) is 0 Å². The van der Waals surface area contributed by atoms with Gasteiger partial charge in [0.2, 0.25) is 0 Å². The Morgan fingerprint density at radius 1 is 1.46 bits per heavy atom. The molecule has 0 amide bonds. The van der Waals surface area contributed by atoms with Gasteiger partial charge in [0, 0.05) is 6.20 Å². The molecule has 0 aliphatic rings. The second-order valence-corrected chi connectivity index (χ2v) is 2.73. The second-order valence-electron chi connectivity index (χ2n) is 2.73. The molecule has 0 spiro atoms. The van der Waals surface area contributed by atoms with Crippen LogP contribution in [0.1, 0.15) is 19.0 Å². The summed E-state index contributed by atoms with van der Waals surface area (Å²) in [5.74, 6) is 0. The molecule has 1 aromatic heterocycles. The van der Waals surface area contributed by atoms with Crippen molar-refractivity contribution in [2.75, 3.05) is 6.61 Å². The molecule has 0 fully saturated rings. The summed E-state index contributed by atoms with van der Waals surface area (Å²) in [7, 11) is 0. The smallest absolute Gasteiger partial charge is 0.0887 e. The number of rotatable bonds is 5. The van der Waals surface area contributed by atoms with Crippen LogP contribution in [-0.2, 0) is 11.3 Å². The number of ether oxygens (including phenoxy) is 1. The normalized spacial score (nSPS) is 10.8. The lowest BCUT2D eigenvalue weighted by molar-refractivity contribution is 0.122. The third-order valence-corrected chi connectivity index (χ3v) is 1.64. The largest absolute Gasteiger partial charge is 0.375 e. The summed E-state index contributed by atoms with van der Waals surface area (Å²) in [6, 6.07) is 5.84. The van der Waals surface area contributed by atoms with Crippen LogP contribution in [0.2, 0.25) is 0 Å². The van der Waals surface area contributed by atoms with E-state index in [1.54, 1.807) is 6.20 Å². The maximum atomic E-state index is 5.41. The Labute approximate surface area is 79.3 Å². The van der Waals surface area contributed by atoms with Crippen LogP contribution in [-0.4, -0.2) is 11.6 Å². The van der Waals surface area contributed by atoms with E-state index < -0.39 is 0 Å². The lowest BCUT2D eigenvalue weighted by Crippen LogP contribution is -1.95. The molecule has 0 aromatic carbocycles. The predicted octanol–water partition coefficient (Wildman–Crippen LogP) is 2.56. The zero-order valence-corrected chi connectivity index (χ0v) is 7.94. The minimum Gasteiger partial charge on any atom is -0.375 e. The standard InChI is InChI=1S/C11H15NO/c1-2-3-6-9-13-10-11-7-4-5-8-12-11/h2-5,7-8H,6,9-10H2,1H3/b3-2-. The van der Waals surface area contributed by atoms with Gasteiger partial charge in [-0.05, 0) is 25.5 Å². The van der Waals surface area contributed by atoms with Crippen molar-refractivity contribution >= 4 is 0 Å². The molecule has 1 aromatic rings. The molecule has 0 bridgehead atoms. The fraction of sp³-hybridized carbons (Fsp3) is 0.364. The molecule has 0 saturated carbocycles. The van der Waals surface area contributed by atoms with E-state index in [9.17, 15) is 0 Å². The molecule has 70 valence electrons. The molecule has 13 heavy (non-hydrogen) atoms. The monoisotopic (exact) mass is 177 g/mol. The summed E-state index contributed by atoms with van der Waals surface area (Å²) in [4.78, 5) is 4.15. The van der Waals surface area contributed by atoms with Crippen molar-refractivity contribution in [2.45, 2.75) is 20.0 Å². The van der Waals surface area contributed by atoms with E-state index in [0.717, 1.165) is 18.7 Å². The van der Waals surface area contributed by atoms with Gasteiger partial charge in [0.15, 0.2) is 0 Å². The van der Waals surface area contributed by atoms with E-state index in [2.05, 4.69) is 11.1 Å². The highest BCUT2D eigenvalue weighted by atomic mass is 16.5. The van der Waals surface area contributed by atoms with Crippen LogP contribution in [0.3, 0.4) is 0 Å². The first-order valence-corrected chi connectivity index (χ1v) is 4.52. The van der Waals surface area contributed by atoms with Crippen molar-refractivity contribution in [3.05, 3.63) is 42.2 Å². The topological polar surface area (TPSA) is 22.1 Å². The third-order valence-electron chi connectivity index (χ3n) is 1.64. The average Bonchev–Trinajstić information content (AvgIpc) is 2.19. The Hall–Kier alpha value is -1.15. The van der Waals surface area contributed by atoms with Crippen LogP contribution >= 0.6 is 0 Å². The van der Waals surface area contributed by atoms with Crippen LogP contribution < -0.4 is 0 Å². The first-order chi connectivity index (χ1) is 6.43. The Morgan fingerprint density at radius 2 is 2.38 bits per heavy atom. The summed E-state index contributed by atoms with van der Waals surface area (Å²) >= 11 is 0. The molecular formula is C11H15NO. The van der Waals surface area contributed by atoms with Gasteiger partial charge in [-0.15, -0.1) is 0 Å². The van der Waals surface area contributed by atoms with Crippen molar-refractivity contribution in [3.63, 3.8) is 0 Å². The first-order valence-electron chi connectivity index (χ1n) is 4.52. The molecule has 0 aliphatic carbocycles. The van der Waals surface area contributed by atoms with Gasteiger partial charge >= 0.3 is 0 Å². The zero-order chi connectivity index (χ0) is 9.36. The van der Waals surface area contributed by atoms with Crippen LogP contribution in [0.5, 0.6) is 0 Å². The number of hydrogen-bond donors (Lipinski definition) is 0. The fourth-order valence-electron chi connectivity index (χ4n) is 0.978. The highest BCUT2D eigenvalue weighted by molar-refractivity contribution is 5.01. The highest BCUT2D eigenvalue weighted by Crippen LogP contribution is 1.96. The quantitative estimate of drug-likeness (QED) is 0.509. The molecule has 0 atom stereocenters. The zero-order valence-electron chi connectivity index (χ0n) is 7.94. The van der Waals surface area contributed by atoms with Gasteiger partial charge in [-0.2, -0.15) is 0 Å². The van der Waals surface area contributed by atoms with E-state index in [0.29, 0.717) is 6.61 Å². The van der Waals surface area contributed by atoms with Crippen molar-refractivity contribution in [1.82, 2.24) is 4.98 Å². The first kappa shape index (κ1) is 9.93. The summed E-state index contributed by atoms with van der Waals surface area (Å²) < 4.78 is 5.41. The Morgan fingerprint density at radius 3 is 3.08 bits per heavy atom. The number of nitrogens with zero attached hydrogens (tertiary/aromatic N) is 1. The van der Waals surface area contributed by atoms with Crippen LogP contribution in [0.4, 0.5) is 0 Å². The summed E-state index contributed by atoms with van der Waals surface area (Å²) in [5.41, 5.74) is 0.989. The van der Waals surface area contributed by atoms with Crippen LogP contribution in [0, 0.1) is 0 Å². The van der Waals surface area contributed by atoms with E-state index >= 15 is 0 Å². The van der Waals surface area contributed by atoms with Gasteiger partial charge in [-0.1, -0.05) is 18.2 Å². The molecule has 1 rings (SSSR count). The molecule has 2 nitrogen and oxygen atoms in total. The lowest BCUT2D eigenvalue weighted by Gasteiger charge is -2.00. The van der Waals surface area contributed by atoms with Gasteiger partial charge in [0.05, 0.1) is 18.9 Å². The molecule has 0 radical (unpaired) electrons. The maximum absolute atomic E-state index is 5.41. The van der Waals surface area contributed by atoms with Gasteiger partial charge in [0.25, 0.3) is 0 Å². The number of pyridine rings is 1. The predicted molar refractivity (Wildman–Crippen MR) is 53.3 cm³/mol. The Bertz CT molecular complexity index is 244. The van der Waals surface area contributed by atoms with E-state index in [1.165, 1.54) is 0 Å². The molecule has 0 N–H and O–H groups in total. The molecule has 2 heteroatoms.